The lowest BCUT2D eigenvalue weighted by Gasteiger charge is -2.05. The van der Waals surface area contributed by atoms with Crippen LogP contribution < -0.4 is 5.32 Å². The summed E-state index contributed by atoms with van der Waals surface area (Å²) in [6, 6.07) is 0. The van der Waals surface area contributed by atoms with Gasteiger partial charge in [0.25, 0.3) is 0 Å². The third-order valence-corrected chi connectivity index (χ3v) is 4.33. The summed E-state index contributed by atoms with van der Waals surface area (Å²) in [7, 11) is 0. The quantitative estimate of drug-likeness (QED) is 0.849. The Morgan fingerprint density at radius 2 is 2.35 bits per heavy atom. The molecule has 0 saturated heterocycles. The third-order valence-electron chi connectivity index (χ3n) is 1.77. The van der Waals surface area contributed by atoms with E-state index in [-0.39, 0.29) is 0 Å². The molecule has 8 heteroatoms. The second-order valence-electron chi connectivity index (χ2n) is 3.08. The van der Waals surface area contributed by atoms with Gasteiger partial charge >= 0.3 is 0 Å². The summed E-state index contributed by atoms with van der Waals surface area (Å²) in [5.74, 6) is 0.641. The predicted octanol–water partition coefficient (Wildman–Crippen LogP) is 3.06. The van der Waals surface area contributed by atoms with Crippen molar-refractivity contribution in [3.05, 3.63) is 17.0 Å². The smallest absolute Gasteiger partial charge is 0.223 e. The van der Waals surface area contributed by atoms with Crippen LogP contribution >= 0.6 is 39.2 Å². The van der Waals surface area contributed by atoms with Crippen LogP contribution in [0.4, 0.5) is 5.95 Å². The van der Waals surface area contributed by atoms with Crippen molar-refractivity contribution in [2.75, 3.05) is 11.9 Å². The molecule has 2 heterocycles. The van der Waals surface area contributed by atoms with Gasteiger partial charge in [-0.05, 0) is 45.6 Å². The molecule has 0 atom stereocenters. The zero-order chi connectivity index (χ0) is 12.1. The van der Waals surface area contributed by atoms with Crippen molar-refractivity contribution >= 4 is 45.2 Å². The molecule has 0 aliphatic heterocycles. The average molecular weight is 332 g/mol. The highest BCUT2D eigenvalue weighted by atomic mass is 79.9. The molecule has 0 bridgehead atoms. The van der Waals surface area contributed by atoms with Gasteiger partial charge in [0, 0.05) is 12.7 Å². The molecule has 0 radical (unpaired) electrons. The predicted molar refractivity (Wildman–Crippen MR) is 72.5 cm³/mol. The van der Waals surface area contributed by atoms with Gasteiger partial charge in [0.1, 0.15) is 11.4 Å². The van der Waals surface area contributed by atoms with Crippen molar-refractivity contribution in [1.29, 1.82) is 0 Å². The van der Waals surface area contributed by atoms with E-state index >= 15 is 0 Å². The number of nitrogens with zero attached hydrogens (tertiary/aromatic N) is 4. The van der Waals surface area contributed by atoms with Gasteiger partial charge in [0.15, 0.2) is 4.34 Å². The van der Waals surface area contributed by atoms with Crippen LogP contribution in [0.5, 0.6) is 0 Å². The number of rotatable bonds is 5. The highest BCUT2D eigenvalue weighted by Crippen LogP contribution is 2.32. The zero-order valence-corrected chi connectivity index (χ0v) is 12.3. The number of aromatic nitrogens is 4. The number of anilines is 1. The van der Waals surface area contributed by atoms with Crippen molar-refractivity contribution in [3.63, 3.8) is 0 Å². The fraction of sp³-hybridized carbons (Fsp3) is 0.333. The standard InChI is InChI=1S/C9H10BrN5S2/c1-2-3-11-8-12-4-6(10)7(15-8)16-9-13-5-14-17-9/h4-5H,2-3H2,1H3,(H,11,12,15). The topological polar surface area (TPSA) is 63.6 Å². The van der Waals surface area contributed by atoms with Crippen molar-refractivity contribution in [3.8, 4) is 0 Å². The Kier molecular flexibility index (Phi) is 4.69. The molecule has 0 aliphatic rings. The SMILES string of the molecule is CCCNc1ncc(Br)c(Sc2ncns2)n1. The molecule has 2 rings (SSSR count). The van der Waals surface area contributed by atoms with Crippen LogP contribution in [0, 0.1) is 0 Å². The second kappa shape index (κ2) is 6.27. The van der Waals surface area contributed by atoms with E-state index in [1.54, 1.807) is 12.5 Å². The van der Waals surface area contributed by atoms with Crippen LogP contribution in [0.15, 0.2) is 26.4 Å². The first-order valence-electron chi connectivity index (χ1n) is 5.00. The largest absolute Gasteiger partial charge is 0.354 e. The minimum absolute atomic E-state index is 0.641. The molecule has 2 aromatic heterocycles. The minimum Gasteiger partial charge on any atom is -0.354 e. The maximum Gasteiger partial charge on any atom is 0.223 e. The lowest BCUT2D eigenvalue weighted by molar-refractivity contribution is 0.930. The molecule has 2 aromatic rings. The van der Waals surface area contributed by atoms with Crippen LogP contribution in [-0.4, -0.2) is 25.9 Å². The molecule has 0 unspecified atom stereocenters. The normalized spacial score (nSPS) is 10.5. The van der Waals surface area contributed by atoms with Crippen molar-refractivity contribution in [2.45, 2.75) is 22.7 Å². The first-order valence-corrected chi connectivity index (χ1v) is 7.39. The van der Waals surface area contributed by atoms with E-state index in [9.17, 15) is 0 Å². The van der Waals surface area contributed by atoms with E-state index in [2.05, 4.69) is 47.5 Å². The lowest BCUT2D eigenvalue weighted by atomic mass is 10.5. The summed E-state index contributed by atoms with van der Waals surface area (Å²) in [6.45, 7) is 2.97. The minimum atomic E-state index is 0.641. The van der Waals surface area contributed by atoms with E-state index in [0.29, 0.717) is 5.95 Å². The summed E-state index contributed by atoms with van der Waals surface area (Å²) in [5.41, 5.74) is 0. The van der Waals surface area contributed by atoms with Gasteiger partial charge in [0.05, 0.1) is 4.47 Å². The number of hydrogen-bond donors (Lipinski definition) is 1. The van der Waals surface area contributed by atoms with Crippen molar-refractivity contribution in [2.24, 2.45) is 0 Å². The summed E-state index contributed by atoms with van der Waals surface area (Å²) in [4.78, 5) is 12.7. The van der Waals surface area contributed by atoms with Crippen molar-refractivity contribution < 1.29 is 0 Å². The first-order chi connectivity index (χ1) is 8.29. The molecule has 17 heavy (non-hydrogen) atoms. The van der Waals surface area contributed by atoms with Gasteiger partial charge < -0.3 is 5.32 Å². The molecular formula is C9H10BrN5S2. The molecule has 0 saturated carbocycles. The molecule has 5 nitrogen and oxygen atoms in total. The molecule has 90 valence electrons. The first kappa shape index (κ1) is 12.7. The van der Waals surface area contributed by atoms with Crippen LogP contribution in [0.25, 0.3) is 0 Å². The highest BCUT2D eigenvalue weighted by molar-refractivity contribution is 9.10. The molecular weight excluding hydrogens is 322 g/mol. The van der Waals surface area contributed by atoms with E-state index in [1.807, 2.05) is 0 Å². The Morgan fingerprint density at radius 1 is 1.47 bits per heavy atom. The van der Waals surface area contributed by atoms with E-state index in [1.165, 1.54) is 23.3 Å². The van der Waals surface area contributed by atoms with Gasteiger partial charge in [-0.15, -0.1) is 0 Å². The monoisotopic (exact) mass is 331 g/mol. The van der Waals surface area contributed by atoms with Crippen LogP contribution in [0.2, 0.25) is 0 Å². The zero-order valence-electron chi connectivity index (χ0n) is 9.05. The fourth-order valence-electron chi connectivity index (χ4n) is 1.04. The van der Waals surface area contributed by atoms with Gasteiger partial charge in [-0.1, -0.05) is 6.92 Å². The molecule has 0 aliphatic carbocycles. The molecule has 0 aromatic carbocycles. The Balaban J connectivity index is 2.14. The van der Waals surface area contributed by atoms with Gasteiger partial charge in [-0.25, -0.2) is 15.0 Å². The third kappa shape index (κ3) is 3.62. The Labute approximate surface area is 116 Å². The summed E-state index contributed by atoms with van der Waals surface area (Å²) < 4.78 is 5.68. The maximum atomic E-state index is 4.42. The Morgan fingerprint density at radius 3 is 3.06 bits per heavy atom. The second-order valence-corrected chi connectivity index (χ2v) is 5.95. The molecule has 0 spiro atoms. The van der Waals surface area contributed by atoms with Crippen LogP contribution in [0.3, 0.4) is 0 Å². The molecule has 0 amide bonds. The molecule has 1 N–H and O–H groups in total. The maximum absolute atomic E-state index is 4.42. The van der Waals surface area contributed by atoms with Gasteiger partial charge in [-0.2, -0.15) is 4.37 Å². The highest BCUT2D eigenvalue weighted by Gasteiger charge is 2.08. The Hall–Kier alpha value is -0.730. The summed E-state index contributed by atoms with van der Waals surface area (Å²) in [5, 5.41) is 4.00. The van der Waals surface area contributed by atoms with E-state index in [0.717, 1.165) is 26.8 Å². The number of halogens is 1. The van der Waals surface area contributed by atoms with E-state index in [4.69, 9.17) is 0 Å². The average Bonchev–Trinajstić information content (AvgIpc) is 2.83. The van der Waals surface area contributed by atoms with Gasteiger partial charge in [-0.3, -0.25) is 0 Å². The van der Waals surface area contributed by atoms with E-state index < -0.39 is 0 Å². The number of hydrogen-bond acceptors (Lipinski definition) is 7. The van der Waals surface area contributed by atoms with Gasteiger partial charge in [0.2, 0.25) is 5.95 Å². The summed E-state index contributed by atoms with van der Waals surface area (Å²) in [6.07, 6.45) is 4.32. The van der Waals surface area contributed by atoms with Crippen LogP contribution in [-0.2, 0) is 0 Å². The van der Waals surface area contributed by atoms with Crippen molar-refractivity contribution in [1.82, 2.24) is 19.3 Å². The fourth-order valence-corrected chi connectivity index (χ4v) is 2.81. The Bertz CT molecular complexity index is 476. The summed E-state index contributed by atoms with van der Waals surface area (Å²) >= 11 is 6.25. The molecule has 0 fully saturated rings. The lowest BCUT2D eigenvalue weighted by Crippen LogP contribution is -2.04. The number of nitrogens with one attached hydrogen (secondary N) is 1. The van der Waals surface area contributed by atoms with Crippen LogP contribution in [0.1, 0.15) is 13.3 Å².